The minimum atomic E-state index is -0.170. The Morgan fingerprint density at radius 3 is 2.25 bits per heavy atom. The predicted molar refractivity (Wildman–Crippen MR) is 82.3 cm³/mol. The second-order valence-electron chi connectivity index (χ2n) is 4.20. The summed E-state index contributed by atoms with van der Waals surface area (Å²) in [6, 6.07) is 9.33. The molecule has 1 aromatic rings. The van der Waals surface area contributed by atoms with Crippen molar-refractivity contribution in [1.29, 1.82) is 0 Å². The number of anilines is 1. The normalized spacial score (nSPS) is 9.10. The summed E-state index contributed by atoms with van der Waals surface area (Å²) in [7, 11) is 3.33. The number of carbonyl (C=O) groups excluding carboxylic acids is 2. The summed E-state index contributed by atoms with van der Waals surface area (Å²) in [4.78, 5) is 24.1. The number of amides is 3. The molecule has 0 aliphatic carbocycles. The molecule has 0 fully saturated rings. The third-order valence-electron chi connectivity index (χ3n) is 2.36. The average Bonchev–Trinajstić information content (AvgIpc) is 2.42. The van der Waals surface area contributed by atoms with Crippen molar-refractivity contribution in [2.24, 2.45) is 0 Å². The van der Waals surface area contributed by atoms with Gasteiger partial charge in [0, 0.05) is 32.9 Å². The summed E-state index contributed by atoms with van der Waals surface area (Å²) in [5.74, 6) is -0.108. The molecule has 0 unspecified atom stereocenters. The van der Waals surface area contributed by atoms with Gasteiger partial charge in [0.2, 0.25) is 5.91 Å². The van der Waals surface area contributed by atoms with Crippen LogP contribution in [0.15, 0.2) is 30.3 Å². The zero-order valence-corrected chi connectivity index (χ0v) is 12.5. The Labute approximate surface area is 125 Å². The Bertz CT molecular complexity index is 412. The Balaban J connectivity index is 0.00000361. The van der Waals surface area contributed by atoms with Crippen molar-refractivity contribution in [3.05, 3.63) is 30.3 Å². The molecule has 1 aromatic carbocycles. The number of nitrogens with one attached hydrogen (secondary N) is 3. The van der Waals surface area contributed by atoms with Gasteiger partial charge in [0.15, 0.2) is 0 Å². The van der Waals surface area contributed by atoms with Gasteiger partial charge in [0.25, 0.3) is 0 Å². The van der Waals surface area contributed by atoms with Crippen LogP contribution in [0, 0.1) is 0 Å². The van der Waals surface area contributed by atoms with E-state index in [0.717, 1.165) is 5.69 Å². The van der Waals surface area contributed by atoms with E-state index >= 15 is 0 Å². The average molecular weight is 301 g/mol. The monoisotopic (exact) mass is 300 g/mol. The van der Waals surface area contributed by atoms with E-state index in [4.69, 9.17) is 0 Å². The van der Waals surface area contributed by atoms with Gasteiger partial charge in [-0.05, 0) is 12.1 Å². The number of benzene rings is 1. The van der Waals surface area contributed by atoms with Gasteiger partial charge in [-0.2, -0.15) is 0 Å². The molecule has 6 nitrogen and oxygen atoms in total. The van der Waals surface area contributed by atoms with Crippen LogP contribution in [0.1, 0.15) is 0 Å². The number of para-hydroxylation sites is 1. The van der Waals surface area contributed by atoms with Crippen molar-refractivity contribution < 1.29 is 9.59 Å². The van der Waals surface area contributed by atoms with Gasteiger partial charge in [-0.15, -0.1) is 12.4 Å². The number of rotatable bonds is 6. The zero-order chi connectivity index (χ0) is 14.1. The Kier molecular flexibility index (Phi) is 8.95. The molecule has 7 heteroatoms. The van der Waals surface area contributed by atoms with E-state index in [1.54, 1.807) is 14.1 Å². The van der Waals surface area contributed by atoms with Gasteiger partial charge in [-0.25, -0.2) is 4.79 Å². The maximum atomic E-state index is 11.5. The van der Waals surface area contributed by atoms with Crippen LogP contribution in [0.2, 0.25) is 0 Å². The van der Waals surface area contributed by atoms with Crippen LogP contribution in [-0.2, 0) is 4.79 Å². The minimum Gasteiger partial charge on any atom is -0.376 e. The van der Waals surface area contributed by atoms with Crippen molar-refractivity contribution >= 4 is 30.0 Å². The van der Waals surface area contributed by atoms with Crippen molar-refractivity contribution in [3.63, 3.8) is 0 Å². The highest BCUT2D eigenvalue weighted by atomic mass is 35.5. The quantitative estimate of drug-likeness (QED) is 0.684. The second-order valence-corrected chi connectivity index (χ2v) is 4.20. The predicted octanol–water partition coefficient (Wildman–Crippen LogP) is 0.908. The summed E-state index contributed by atoms with van der Waals surface area (Å²) in [6.07, 6.45) is 0. The summed E-state index contributed by atoms with van der Waals surface area (Å²) >= 11 is 0. The van der Waals surface area contributed by atoms with E-state index in [9.17, 15) is 9.59 Å². The first-order valence-electron chi connectivity index (χ1n) is 6.10. The van der Waals surface area contributed by atoms with Crippen LogP contribution in [0.3, 0.4) is 0 Å². The Hall–Kier alpha value is -1.95. The van der Waals surface area contributed by atoms with Gasteiger partial charge in [-0.3, -0.25) is 4.79 Å². The van der Waals surface area contributed by atoms with E-state index in [2.05, 4.69) is 16.0 Å². The summed E-state index contributed by atoms with van der Waals surface area (Å²) < 4.78 is 0. The van der Waals surface area contributed by atoms with E-state index in [-0.39, 0.29) is 30.9 Å². The van der Waals surface area contributed by atoms with Crippen molar-refractivity contribution in [2.75, 3.05) is 39.0 Å². The Morgan fingerprint density at radius 2 is 1.65 bits per heavy atom. The lowest BCUT2D eigenvalue weighted by Crippen LogP contribution is -2.40. The molecule has 0 aromatic heterocycles. The molecule has 20 heavy (non-hydrogen) atoms. The van der Waals surface area contributed by atoms with Crippen LogP contribution >= 0.6 is 12.4 Å². The molecule has 0 bridgehead atoms. The molecule has 0 radical (unpaired) electrons. The first-order chi connectivity index (χ1) is 9.09. The lowest BCUT2D eigenvalue weighted by molar-refractivity contribution is -0.119. The summed E-state index contributed by atoms with van der Waals surface area (Å²) in [5, 5.41) is 8.38. The minimum absolute atomic E-state index is 0. The number of carbonyl (C=O) groups is 2. The van der Waals surface area contributed by atoms with Gasteiger partial charge in [0.05, 0.1) is 6.54 Å². The molecule has 0 aliphatic heterocycles. The molecule has 112 valence electrons. The maximum absolute atomic E-state index is 11.5. The van der Waals surface area contributed by atoms with Gasteiger partial charge in [-0.1, -0.05) is 18.2 Å². The summed E-state index contributed by atoms with van der Waals surface area (Å²) in [5.41, 5.74) is 0.901. The first-order valence-corrected chi connectivity index (χ1v) is 6.10. The smallest absolute Gasteiger partial charge is 0.316 e. The van der Waals surface area contributed by atoms with Crippen LogP contribution in [0.5, 0.6) is 0 Å². The largest absolute Gasteiger partial charge is 0.376 e. The van der Waals surface area contributed by atoms with Gasteiger partial charge in [0.1, 0.15) is 0 Å². The van der Waals surface area contributed by atoms with Crippen LogP contribution in [-0.4, -0.2) is 50.6 Å². The molecule has 0 heterocycles. The number of halogens is 1. The lowest BCUT2D eigenvalue weighted by Gasteiger charge is -2.12. The third-order valence-corrected chi connectivity index (χ3v) is 2.36. The lowest BCUT2D eigenvalue weighted by atomic mass is 10.3. The maximum Gasteiger partial charge on any atom is 0.316 e. The molecule has 3 N–H and O–H groups in total. The van der Waals surface area contributed by atoms with E-state index in [0.29, 0.717) is 13.1 Å². The molecule has 0 saturated carbocycles. The molecule has 3 amide bonds. The number of hydrogen-bond acceptors (Lipinski definition) is 3. The highest BCUT2D eigenvalue weighted by molar-refractivity contribution is 5.85. The van der Waals surface area contributed by atoms with Crippen molar-refractivity contribution in [2.45, 2.75) is 0 Å². The molecular formula is C13H21ClN4O2. The molecule has 0 atom stereocenters. The Morgan fingerprint density at radius 1 is 1.05 bits per heavy atom. The van der Waals surface area contributed by atoms with Gasteiger partial charge >= 0.3 is 6.03 Å². The number of hydrogen-bond donors (Lipinski definition) is 3. The van der Waals surface area contributed by atoms with E-state index in [1.807, 2.05) is 30.3 Å². The molecule has 0 aliphatic rings. The standard InChI is InChI=1S/C13H20N4O2.ClH/c1-17(2)13(19)15-9-8-14-12(18)10-16-11-6-4-3-5-7-11;/h3-7,16H,8-10H2,1-2H3,(H,14,18)(H,15,19);1H. The van der Waals surface area contributed by atoms with E-state index in [1.165, 1.54) is 4.90 Å². The second kappa shape index (κ2) is 9.91. The number of urea groups is 1. The molecule has 1 rings (SSSR count). The summed E-state index contributed by atoms with van der Waals surface area (Å²) in [6.45, 7) is 1.04. The van der Waals surface area contributed by atoms with Crippen LogP contribution < -0.4 is 16.0 Å². The first kappa shape index (κ1) is 18.0. The SMILES string of the molecule is CN(C)C(=O)NCCNC(=O)CNc1ccccc1.Cl. The van der Waals surface area contributed by atoms with E-state index < -0.39 is 0 Å². The number of nitrogens with zero attached hydrogens (tertiary/aromatic N) is 1. The molecule has 0 spiro atoms. The molecule has 0 saturated heterocycles. The van der Waals surface area contributed by atoms with Crippen molar-refractivity contribution in [3.8, 4) is 0 Å². The van der Waals surface area contributed by atoms with Crippen LogP contribution in [0.25, 0.3) is 0 Å². The van der Waals surface area contributed by atoms with Gasteiger partial charge < -0.3 is 20.9 Å². The third kappa shape index (κ3) is 7.48. The molecular weight excluding hydrogens is 280 g/mol. The fraction of sp³-hybridized carbons (Fsp3) is 0.385. The van der Waals surface area contributed by atoms with Crippen LogP contribution in [0.4, 0.5) is 10.5 Å². The van der Waals surface area contributed by atoms with Crippen molar-refractivity contribution in [1.82, 2.24) is 15.5 Å². The highest BCUT2D eigenvalue weighted by Gasteiger charge is 2.03. The zero-order valence-electron chi connectivity index (χ0n) is 11.7. The highest BCUT2D eigenvalue weighted by Crippen LogP contribution is 2.03. The fourth-order valence-corrected chi connectivity index (χ4v) is 1.33. The fourth-order valence-electron chi connectivity index (χ4n) is 1.33. The topological polar surface area (TPSA) is 73.5 Å².